The van der Waals surface area contributed by atoms with Gasteiger partial charge in [-0.1, -0.05) is 78.9 Å². The van der Waals surface area contributed by atoms with E-state index in [9.17, 15) is 9.59 Å². The Morgan fingerprint density at radius 3 is 1.89 bits per heavy atom. The summed E-state index contributed by atoms with van der Waals surface area (Å²) in [6.45, 7) is 0.775. The second-order valence-corrected chi connectivity index (χ2v) is 12.6. The van der Waals surface area contributed by atoms with Gasteiger partial charge >= 0.3 is 0 Å². The Kier molecular flexibility index (Phi) is 5.37. The van der Waals surface area contributed by atoms with E-state index >= 15 is 0 Å². The molecule has 0 amide bonds. The highest BCUT2D eigenvalue weighted by Gasteiger charge is 2.71. The smallest absolute Gasteiger partial charge is 0.192 e. The van der Waals surface area contributed by atoms with Gasteiger partial charge in [-0.15, -0.1) is 0 Å². The molecule has 8 rings (SSSR count). The third-order valence-electron chi connectivity index (χ3n) is 8.45. The normalized spacial score (nSPS) is 36.6. The van der Waals surface area contributed by atoms with E-state index in [0.717, 1.165) is 29.4 Å². The van der Waals surface area contributed by atoms with Gasteiger partial charge in [0.2, 0.25) is 0 Å². The number of hydrogen-bond acceptors (Lipinski definition) is 4. The van der Waals surface area contributed by atoms with E-state index in [1.807, 2.05) is 72.8 Å². The second-order valence-electron chi connectivity index (χ2n) is 9.97. The van der Waals surface area contributed by atoms with E-state index in [1.54, 1.807) is 6.08 Å². The fourth-order valence-corrected chi connectivity index (χ4v) is 8.91. The molecule has 36 heavy (non-hydrogen) atoms. The van der Waals surface area contributed by atoms with Crippen LogP contribution < -0.4 is 0 Å². The zero-order valence-electron chi connectivity index (χ0n) is 19.2. The highest BCUT2D eigenvalue weighted by molar-refractivity contribution is 14.1. The lowest BCUT2D eigenvalue weighted by molar-refractivity contribution is -0.172. The summed E-state index contributed by atoms with van der Waals surface area (Å²) >= 11 is 4.65. The van der Waals surface area contributed by atoms with Gasteiger partial charge in [0, 0.05) is 36.1 Å². The first-order valence-electron chi connectivity index (χ1n) is 12.1. The fraction of sp³-hybridized carbons (Fsp3) is 0.267. The molecule has 2 heterocycles. The van der Waals surface area contributed by atoms with E-state index in [1.165, 1.54) is 0 Å². The van der Waals surface area contributed by atoms with Crippen molar-refractivity contribution in [3.05, 3.63) is 103 Å². The van der Waals surface area contributed by atoms with E-state index in [-0.39, 0.29) is 35.2 Å². The number of allylic oxidation sites excluding steroid dienone is 2. The lowest BCUT2D eigenvalue weighted by atomic mass is 9.47. The molecule has 1 saturated carbocycles. The number of hydrogen-bond donors (Lipinski definition) is 0. The van der Waals surface area contributed by atoms with Crippen LogP contribution in [0, 0.1) is 23.7 Å². The third kappa shape index (κ3) is 2.87. The third-order valence-corrected chi connectivity index (χ3v) is 10.2. The van der Waals surface area contributed by atoms with E-state index in [0.29, 0.717) is 13.2 Å². The van der Waals surface area contributed by atoms with Crippen LogP contribution in [0.1, 0.15) is 11.1 Å². The number of carbonyl (C=O) groups is 2. The van der Waals surface area contributed by atoms with Crippen LogP contribution in [-0.2, 0) is 19.1 Å². The van der Waals surface area contributed by atoms with Gasteiger partial charge in [0.1, 0.15) is 0 Å². The first kappa shape index (κ1) is 23.3. The van der Waals surface area contributed by atoms with Gasteiger partial charge in [-0.05, 0) is 68.3 Å². The maximum atomic E-state index is 14.3. The molecule has 0 N–H and O–H groups in total. The summed E-state index contributed by atoms with van der Waals surface area (Å²) in [6, 6.07) is 20.1. The van der Waals surface area contributed by atoms with E-state index < -0.39 is 11.2 Å². The number of benzene rings is 2. The van der Waals surface area contributed by atoms with Gasteiger partial charge in [-0.25, -0.2) is 0 Å². The van der Waals surface area contributed by atoms with Gasteiger partial charge in [0.05, 0.1) is 13.2 Å². The molecule has 6 heteroatoms. The van der Waals surface area contributed by atoms with Crippen LogP contribution in [0.15, 0.2) is 92.1 Å². The van der Waals surface area contributed by atoms with Crippen molar-refractivity contribution in [1.29, 1.82) is 0 Å². The molecule has 0 saturated heterocycles. The standard InChI is InChI=1S/C30H22I2O4/c31-22-15-35-29(25(22)17-7-3-1-4-8-17)21-13-11-20(28(29)34)19-12-14-24(33)30(27(19)21)26(23(32)16-36-30)18-9-5-2-6-10-18/h1-14,19-21,27H,15-16H2/t19-,20-,21?,27-,29-,30+/m1/s1. The summed E-state index contributed by atoms with van der Waals surface area (Å²) in [5, 5.41) is 0. The number of ether oxygens (including phenoxy) is 2. The van der Waals surface area contributed by atoms with Crippen LogP contribution in [0.25, 0.3) is 11.1 Å². The van der Waals surface area contributed by atoms with Crippen molar-refractivity contribution in [3.63, 3.8) is 0 Å². The van der Waals surface area contributed by atoms with Crippen LogP contribution in [0.3, 0.4) is 0 Å². The van der Waals surface area contributed by atoms with Crippen molar-refractivity contribution < 1.29 is 19.1 Å². The summed E-state index contributed by atoms with van der Waals surface area (Å²) in [6.07, 6.45) is 7.78. The molecule has 4 aliphatic carbocycles. The Hall–Kier alpha value is -1.88. The first-order chi connectivity index (χ1) is 17.5. The van der Waals surface area contributed by atoms with Crippen molar-refractivity contribution >= 4 is 67.9 Å². The Morgan fingerprint density at radius 1 is 0.722 bits per heavy atom. The zero-order chi connectivity index (χ0) is 24.7. The fourth-order valence-electron chi connectivity index (χ4n) is 7.17. The van der Waals surface area contributed by atoms with Gasteiger partial charge in [-0.3, -0.25) is 9.59 Å². The molecule has 1 fully saturated rings. The minimum absolute atomic E-state index is 0.0456. The number of halogens is 2. The predicted octanol–water partition coefficient (Wildman–Crippen LogP) is 5.97. The molecule has 1 unspecified atom stereocenters. The topological polar surface area (TPSA) is 52.6 Å². The number of carbonyl (C=O) groups excluding carboxylic acids is 2. The largest absolute Gasteiger partial charge is 0.357 e. The molecular formula is C30H22I2O4. The first-order valence-corrected chi connectivity index (χ1v) is 14.3. The zero-order valence-corrected chi connectivity index (χ0v) is 23.5. The Morgan fingerprint density at radius 2 is 1.28 bits per heavy atom. The van der Waals surface area contributed by atoms with Crippen LogP contribution in [0.2, 0.25) is 0 Å². The maximum Gasteiger partial charge on any atom is 0.192 e. The van der Waals surface area contributed by atoms with Crippen molar-refractivity contribution in [2.75, 3.05) is 13.2 Å². The highest BCUT2D eigenvalue weighted by atomic mass is 127. The van der Waals surface area contributed by atoms with Gasteiger partial charge in [0.15, 0.2) is 22.8 Å². The summed E-state index contributed by atoms with van der Waals surface area (Å²) in [7, 11) is 0. The molecule has 2 spiro atoms. The molecule has 6 aliphatic rings. The molecule has 0 aromatic heterocycles. The number of rotatable bonds is 2. The molecule has 2 bridgehead atoms. The molecule has 2 aliphatic heterocycles. The number of Topliss-reactive ketones (excluding diaryl/α,β-unsaturated/α-hetero) is 1. The Labute approximate surface area is 236 Å². The summed E-state index contributed by atoms with van der Waals surface area (Å²) in [5.74, 6) is -1.05. The summed E-state index contributed by atoms with van der Waals surface area (Å²) in [4.78, 5) is 28.3. The van der Waals surface area contributed by atoms with Crippen LogP contribution in [-0.4, -0.2) is 36.0 Å². The number of ketones is 2. The second kappa shape index (κ2) is 8.31. The van der Waals surface area contributed by atoms with Crippen LogP contribution in [0.4, 0.5) is 0 Å². The molecule has 4 nitrogen and oxygen atoms in total. The molecular weight excluding hydrogens is 678 g/mol. The Balaban J connectivity index is 1.46. The van der Waals surface area contributed by atoms with Crippen molar-refractivity contribution in [3.8, 4) is 0 Å². The van der Waals surface area contributed by atoms with Crippen molar-refractivity contribution in [1.82, 2.24) is 0 Å². The van der Waals surface area contributed by atoms with Crippen LogP contribution in [0.5, 0.6) is 0 Å². The molecule has 2 aromatic carbocycles. The van der Waals surface area contributed by atoms with Crippen molar-refractivity contribution in [2.45, 2.75) is 11.2 Å². The average Bonchev–Trinajstić information content (AvgIpc) is 3.43. The predicted molar refractivity (Wildman–Crippen MR) is 154 cm³/mol. The average molecular weight is 700 g/mol. The highest BCUT2D eigenvalue weighted by Crippen LogP contribution is 2.65. The molecule has 6 atom stereocenters. The van der Waals surface area contributed by atoms with E-state index in [2.05, 4.69) is 51.3 Å². The van der Waals surface area contributed by atoms with Crippen molar-refractivity contribution in [2.24, 2.45) is 23.7 Å². The summed E-state index contributed by atoms with van der Waals surface area (Å²) in [5.41, 5.74) is 1.59. The lowest BCUT2D eigenvalue weighted by Crippen LogP contribution is -2.68. The molecule has 2 aromatic rings. The van der Waals surface area contributed by atoms with Crippen LogP contribution >= 0.6 is 45.2 Å². The molecule has 0 radical (unpaired) electrons. The summed E-state index contributed by atoms with van der Waals surface area (Å²) < 4.78 is 15.2. The minimum atomic E-state index is -1.15. The monoisotopic (exact) mass is 700 g/mol. The minimum Gasteiger partial charge on any atom is -0.357 e. The Bertz CT molecular complexity index is 1420. The van der Waals surface area contributed by atoms with E-state index in [4.69, 9.17) is 9.47 Å². The quantitative estimate of drug-likeness (QED) is 0.286. The molecule has 180 valence electrons. The SMILES string of the molecule is O=C1[C@@H]2C=CC([C@H]3[C@@H]2C=CC(=O)[C@@]32OCC(I)=C2c2ccccc2)[C@]12OCC(I)=C2c1ccccc1. The van der Waals surface area contributed by atoms with Gasteiger partial charge in [0.25, 0.3) is 0 Å². The maximum absolute atomic E-state index is 14.3. The lowest BCUT2D eigenvalue weighted by Gasteiger charge is -2.58. The van der Waals surface area contributed by atoms with Gasteiger partial charge in [-0.2, -0.15) is 0 Å². The van der Waals surface area contributed by atoms with Gasteiger partial charge < -0.3 is 9.47 Å².